The van der Waals surface area contributed by atoms with Crippen molar-refractivity contribution in [3.63, 3.8) is 0 Å². The van der Waals surface area contributed by atoms with Crippen LogP contribution in [-0.4, -0.2) is 62.6 Å². The number of rotatable bonds is 3. The van der Waals surface area contributed by atoms with Gasteiger partial charge in [-0.15, -0.1) is 0 Å². The maximum atomic E-state index is 13.1. The highest BCUT2D eigenvalue weighted by atomic mass is 32.1. The van der Waals surface area contributed by atoms with Crippen LogP contribution in [0.3, 0.4) is 0 Å². The molecule has 0 aliphatic carbocycles. The zero-order chi connectivity index (χ0) is 21.3. The van der Waals surface area contributed by atoms with Gasteiger partial charge in [-0.05, 0) is 51.7 Å². The van der Waals surface area contributed by atoms with E-state index in [0.717, 1.165) is 51.1 Å². The minimum atomic E-state index is -0.401. The standard InChI is InChI=1S/C21H35N5O2S/c1-14(2)26-17(22-23-20(26)29)15-8-11-24(12-9-15)18(27)16-7-6-10-25(13-16)19(28)21(3,4)5/h14-16H,6-13H2,1-5H3,(H,23,29). The first-order valence-electron chi connectivity index (χ1n) is 10.8. The Hall–Kier alpha value is -1.70. The van der Waals surface area contributed by atoms with Crippen LogP contribution < -0.4 is 0 Å². The van der Waals surface area contributed by atoms with Crippen molar-refractivity contribution in [3.8, 4) is 0 Å². The fourth-order valence-electron chi connectivity index (χ4n) is 4.56. The van der Waals surface area contributed by atoms with E-state index in [1.807, 2.05) is 30.6 Å². The number of aromatic amines is 1. The van der Waals surface area contributed by atoms with E-state index < -0.39 is 5.41 Å². The average molecular weight is 422 g/mol. The smallest absolute Gasteiger partial charge is 0.227 e. The molecule has 1 atom stereocenters. The van der Waals surface area contributed by atoms with E-state index in [1.165, 1.54) is 0 Å². The summed E-state index contributed by atoms with van der Waals surface area (Å²) in [6.07, 6.45) is 3.57. The fraction of sp³-hybridized carbons (Fsp3) is 0.810. The summed E-state index contributed by atoms with van der Waals surface area (Å²) in [5.74, 6) is 1.61. The number of piperidine rings is 2. The molecule has 0 spiro atoms. The molecule has 2 amide bonds. The Balaban J connectivity index is 1.60. The molecular formula is C21H35N5O2S. The van der Waals surface area contributed by atoms with Crippen molar-refractivity contribution in [2.45, 2.75) is 72.3 Å². The third kappa shape index (κ3) is 4.73. The Morgan fingerprint density at radius 3 is 2.34 bits per heavy atom. The Kier molecular flexibility index (Phi) is 6.51. The summed E-state index contributed by atoms with van der Waals surface area (Å²) in [7, 11) is 0. The summed E-state index contributed by atoms with van der Waals surface area (Å²) in [5.41, 5.74) is -0.401. The van der Waals surface area contributed by atoms with Crippen LogP contribution in [0.4, 0.5) is 0 Å². The first kappa shape index (κ1) is 22.0. The van der Waals surface area contributed by atoms with E-state index in [1.54, 1.807) is 0 Å². The highest BCUT2D eigenvalue weighted by Gasteiger charge is 2.36. The van der Waals surface area contributed by atoms with Crippen LogP contribution in [0.15, 0.2) is 0 Å². The van der Waals surface area contributed by atoms with Gasteiger partial charge in [-0.3, -0.25) is 14.7 Å². The normalized spacial score (nSPS) is 21.7. The Labute approximate surface area is 178 Å². The number of H-pyrrole nitrogens is 1. The summed E-state index contributed by atoms with van der Waals surface area (Å²) < 4.78 is 2.76. The van der Waals surface area contributed by atoms with E-state index in [4.69, 9.17) is 12.2 Å². The summed E-state index contributed by atoms with van der Waals surface area (Å²) in [6, 6.07) is 0.268. The van der Waals surface area contributed by atoms with Gasteiger partial charge in [0, 0.05) is 43.6 Å². The number of carbonyl (C=O) groups is 2. The van der Waals surface area contributed by atoms with Crippen LogP contribution in [0.25, 0.3) is 0 Å². The van der Waals surface area contributed by atoms with Gasteiger partial charge in [-0.1, -0.05) is 20.8 Å². The Morgan fingerprint density at radius 1 is 1.10 bits per heavy atom. The molecule has 0 saturated carbocycles. The van der Waals surface area contributed by atoms with Gasteiger partial charge >= 0.3 is 0 Å². The van der Waals surface area contributed by atoms with Crippen LogP contribution in [0.5, 0.6) is 0 Å². The largest absolute Gasteiger partial charge is 0.342 e. The molecule has 2 saturated heterocycles. The van der Waals surface area contributed by atoms with Crippen LogP contribution in [0, 0.1) is 16.1 Å². The van der Waals surface area contributed by atoms with Crippen molar-refractivity contribution >= 4 is 24.0 Å². The molecule has 2 fully saturated rings. The predicted octanol–water partition coefficient (Wildman–Crippen LogP) is 3.51. The van der Waals surface area contributed by atoms with Crippen molar-refractivity contribution in [2.75, 3.05) is 26.2 Å². The highest BCUT2D eigenvalue weighted by Crippen LogP contribution is 2.30. The molecule has 3 heterocycles. The summed E-state index contributed by atoms with van der Waals surface area (Å²) in [4.78, 5) is 29.7. The molecule has 7 nitrogen and oxygen atoms in total. The maximum absolute atomic E-state index is 13.1. The molecule has 1 aromatic heterocycles. The number of carbonyl (C=O) groups excluding carboxylic acids is 2. The van der Waals surface area contributed by atoms with Crippen molar-refractivity contribution in [2.24, 2.45) is 11.3 Å². The summed E-state index contributed by atoms with van der Waals surface area (Å²) in [6.45, 7) is 12.9. The number of hydrogen-bond acceptors (Lipinski definition) is 4. The van der Waals surface area contributed by atoms with Gasteiger partial charge < -0.3 is 14.4 Å². The molecule has 0 bridgehead atoms. The lowest BCUT2D eigenvalue weighted by Crippen LogP contribution is -2.50. The van der Waals surface area contributed by atoms with E-state index in [0.29, 0.717) is 17.2 Å². The van der Waals surface area contributed by atoms with E-state index >= 15 is 0 Å². The van der Waals surface area contributed by atoms with Gasteiger partial charge in [0.15, 0.2) is 4.77 Å². The minimum Gasteiger partial charge on any atom is -0.342 e. The second-order valence-electron chi connectivity index (χ2n) is 9.79. The van der Waals surface area contributed by atoms with Crippen LogP contribution in [0.1, 0.15) is 78.1 Å². The van der Waals surface area contributed by atoms with Gasteiger partial charge in [-0.25, -0.2) is 0 Å². The number of aromatic nitrogens is 3. The molecule has 3 rings (SSSR count). The Bertz CT molecular complexity index is 799. The third-order valence-electron chi connectivity index (χ3n) is 6.12. The number of amides is 2. The van der Waals surface area contributed by atoms with Crippen LogP contribution in [-0.2, 0) is 9.59 Å². The molecule has 1 aromatic rings. The van der Waals surface area contributed by atoms with Crippen LogP contribution in [0.2, 0.25) is 0 Å². The van der Waals surface area contributed by atoms with Crippen LogP contribution >= 0.6 is 12.2 Å². The van der Waals surface area contributed by atoms with Gasteiger partial charge in [0.05, 0.1) is 5.92 Å². The van der Waals surface area contributed by atoms with Gasteiger partial charge in [0.25, 0.3) is 0 Å². The predicted molar refractivity (Wildman–Crippen MR) is 115 cm³/mol. The zero-order valence-electron chi connectivity index (χ0n) is 18.4. The first-order chi connectivity index (χ1) is 13.6. The number of nitrogens with one attached hydrogen (secondary N) is 1. The fourth-order valence-corrected chi connectivity index (χ4v) is 4.91. The SMILES string of the molecule is CC(C)n1c(C2CCN(C(=O)C3CCCN(C(=O)C(C)(C)C)C3)CC2)n[nH]c1=S. The highest BCUT2D eigenvalue weighted by molar-refractivity contribution is 7.71. The second kappa shape index (κ2) is 8.58. The first-order valence-corrected chi connectivity index (χ1v) is 11.3. The molecule has 0 aromatic carbocycles. The number of nitrogens with zero attached hydrogens (tertiary/aromatic N) is 4. The van der Waals surface area contributed by atoms with E-state index in [9.17, 15) is 9.59 Å². The summed E-state index contributed by atoms with van der Waals surface area (Å²) >= 11 is 5.37. The second-order valence-corrected chi connectivity index (χ2v) is 10.2. The zero-order valence-corrected chi connectivity index (χ0v) is 19.2. The molecule has 2 aliphatic rings. The average Bonchev–Trinajstić information content (AvgIpc) is 3.08. The van der Waals surface area contributed by atoms with Crippen molar-refractivity contribution in [1.82, 2.24) is 24.6 Å². The molecule has 162 valence electrons. The van der Waals surface area contributed by atoms with E-state index in [2.05, 4.69) is 28.6 Å². The van der Waals surface area contributed by atoms with Gasteiger partial charge in [0.2, 0.25) is 11.8 Å². The third-order valence-corrected chi connectivity index (χ3v) is 6.41. The molecule has 8 heteroatoms. The van der Waals surface area contributed by atoms with Gasteiger partial charge in [0.1, 0.15) is 5.82 Å². The van der Waals surface area contributed by atoms with Crippen molar-refractivity contribution in [3.05, 3.63) is 10.6 Å². The lowest BCUT2D eigenvalue weighted by Gasteiger charge is -2.39. The topological polar surface area (TPSA) is 74.2 Å². The minimum absolute atomic E-state index is 0.0724. The van der Waals surface area contributed by atoms with Gasteiger partial charge in [-0.2, -0.15) is 5.10 Å². The lowest BCUT2D eigenvalue weighted by molar-refractivity contribution is -0.145. The Morgan fingerprint density at radius 2 is 1.76 bits per heavy atom. The van der Waals surface area contributed by atoms with Crippen molar-refractivity contribution < 1.29 is 9.59 Å². The maximum Gasteiger partial charge on any atom is 0.227 e. The molecule has 29 heavy (non-hydrogen) atoms. The molecule has 1 N–H and O–H groups in total. The monoisotopic (exact) mass is 421 g/mol. The quantitative estimate of drug-likeness (QED) is 0.758. The summed E-state index contributed by atoms with van der Waals surface area (Å²) in [5, 5.41) is 7.40. The molecule has 0 radical (unpaired) electrons. The van der Waals surface area contributed by atoms with Crippen molar-refractivity contribution in [1.29, 1.82) is 0 Å². The molecular weight excluding hydrogens is 386 g/mol. The molecule has 1 unspecified atom stereocenters. The number of likely N-dealkylation sites (tertiary alicyclic amines) is 2. The molecule has 2 aliphatic heterocycles. The number of hydrogen-bond donors (Lipinski definition) is 1. The lowest BCUT2D eigenvalue weighted by atomic mass is 9.89. The van der Waals surface area contributed by atoms with E-state index in [-0.39, 0.29) is 23.8 Å².